The molecule has 0 saturated carbocycles. The summed E-state index contributed by atoms with van der Waals surface area (Å²) in [5, 5.41) is 22.6. The van der Waals surface area contributed by atoms with Crippen molar-refractivity contribution in [1.29, 1.82) is 0 Å². The van der Waals surface area contributed by atoms with Crippen LogP contribution in [0.25, 0.3) is 10.8 Å². The van der Waals surface area contributed by atoms with E-state index in [0.717, 1.165) is 38.0 Å². The third kappa shape index (κ3) is 6.04. The van der Waals surface area contributed by atoms with Gasteiger partial charge in [-0.1, -0.05) is 123 Å². The molecule has 4 aromatic rings. The summed E-state index contributed by atoms with van der Waals surface area (Å²) in [4.78, 5) is 0. The third-order valence-electron chi connectivity index (χ3n) is 11.1. The molecule has 1 heterocycles. The molecule has 1 aliphatic heterocycles. The molecule has 0 aromatic heterocycles. The highest BCUT2D eigenvalue weighted by molar-refractivity contribution is 8.06. The second-order valence-corrected chi connectivity index (χ2v) is 15.2. The van der Waals surface area contributed by atoms with Gasteiger partial charge in [0.2, 0.25) is 0 Å². The molecule has 0 bridgehead atoms. The molecule has 2 N–H and O–H groups in total. The average Bonchev–Trinajstić information content (AvgIpc) is 3.91. The first-order valence-corrected chi connectivity index (χ1v) is 18.7. The van der Waals surface area contributed by atoms with E-state index in [1.54, 1.807) is 0 Å². The Kier molecular flexibility index (Phi) is 9.59. The second kappa shape index (κ2) is 13.9. The molecule has 7 rings (SSSR count). The number of thioether (sulfide) groups is 1. The van der Waals surface area contributed by atoms with E-state index in [-0.39, 0.29) is 36.1 Å². The van der Waals surface area contributed by atoms with Crippen LogP contribution in [0.4, 0.5) is 0 Å². The molecule has 48 heavy (non-hydrogen) atoms. The van der Waals surface area contributed by atoms with Crippen molar-refractivity contribution >= 4 is 22.5 Å². The molecule has 5 heteroatoms. The Morgan fingerprint density at radius 2 is 1.65 bits per heavy atom. The van der Waals surface area contributed by atoms with Crippen LogP contribution >= 0.6 is 11.8 Å². The Morgan fingerprint density at radius 1 is 0.917 bits per heavy atom. The number of hydrogen-bond donors (Lipinski definition) is 2. The lowest BCUT2D eigenvalue weighted by atomic mass is 9.65. The van der Waals surface area contributed by atoms with Crippen LogP contribution in [-0.4, -0.2) is 47.1 Å². The maximum Gasteiger partial charge on any atom is 0.116 e. The van der Waals surface area contributed by atoms with Gasteiger partial charge in [0.25, 0.3) is 0 Å². The zero-order chi connectivity index (χ0) is 33.3. The zero-order valence-corrected chi connectivity index (χ0v) is 29.2. The fourth-order valence-corrected chi connectivity index (χ4v) is 8.71. The van der Waals surface area contributed by atoms with Gasteiger partial charge in [-0.25, -0.2) is 0 Å². The molecule has 250 valence electrons. The monoisotopic (exact) mass is 660 g/mol. The topological polar surface area (TPSA) is 58.9 Å². The van der Waals surface area contributed by atoms with Gasteiger partial charge in [-0.2, -0.15) is 11.8 Å². The van der Waals surface area contributed by atoms with E-state index in [9.17, 15) is 10.2 Å². The van der Waals surface area contributed by atoms with Gasteiger partial charge in [-0.05, 0) is 70.3 Å². The van der Waals surface area contributed by atoms with Gasteiger partial charge in [-0.3, -0.25) is 0 Å². The largest absolute Gasteiger partial charge is 0.495 e. The Bertz CT molecular complexity index is 1790. The fourth-order valence-electron chi connectivity index (χ4n) is 8.31. The normalized spacial score (nSPS) is 24.1. The van der Waals surface area contributed by atoms with Gasteiger partial charge in [0.05, 0.1) is 24.6 Å². The van der Waals surface area contributed by atoms with Gasteiger partial charge in [-0.15, -0.1) is 0 Å². The molecule has 0 spiro atoms. The molecule has 1 saturated heterocycles. The minimum absolute atomic E-state index is 0.0874. The Morgan fingerprint density at radius 3 is 2.33 bits per heavy atom. The number of benzene rings is 4. The highest BCUT2D eigenvalue weighted by atomic mass is 32.2. The Hall–Kier alpha value is -3.35. The molecule has 0 amide bonds. The maximum atomic E-state index is 9.99. The lowest BCUT2D eigenvalue weighted by molar-refractivity contribution is -0.0531. The lowest BCUT2D eigenvalue weighted by Crippen LogP contribution is -2.32. The van der Waals surface area contributed by atoms with Gasteiger partial charge in [0, 0.05) is 28.3 Å². The van der Waals surface area contributed by atoms with Crippen LogP contribution in [0, 0.1) is 5.92 Å². The summed E-state index contributed by atoms with van der Waals surface area (Å²) < 4.78 is 12.8. The van der Waals surface area contributed by atoms with Crippen molar-refractivity contribution in [2.45, 2.75) is 74.7 Å². The van der Waals surface area contributed by atoms with Gasteiger partial charge < -0.3 is 19.7 Å². The summed E-state index contributed by atoms with van der Waals surface area (Å²) in [5.74, 6) is 2.43. The number of aliphatic hydroxyl groups is 2. The van der Waals surface area contributed by atoms with Crippen LogP contribution in [0.15, 0.2) is 114 Å². The van der Waals surface area contributed by atoms with Crippen LogP contribution in [0.5, 0.6) is 0 Å². The molecule has 2 aliphatic carbocycles. The summed E-state index contributed by atoms with van der Waals surface area (Å²) in [6, 6.07) is 34.0. The van der Waals surface area contributed by atoms with E-state index in [1.807, 2.05) is 11.8 Å². The van der Waals surface area contributed by atoms with Crippen LogP contribution in [-0.2, 0) is 20.5 Å². The van der Waals surface area contributed by atoms with Crippen LogP contribution in [0.2, 0.25) is 0 Å². The number of hydrogen-bond acceptors (Lipinski definition) is 5. The molecule has 1 fully saturated rings. The summed E-state index contributed by atoms with van der Waals surface area (Å²) in [6.07, 6.45) is 7.15. The summed E-state index contributed by atoms with van der Waals surface area (Å²) in [6.45, 7) is 7.30. The number of allylic oxidation sites excluding steroid dienone is 4. The smallest absolute Gasteiger partial charge is 0.116 e. The first kappa shape index (κ1) is 33.2. The van der Waals surface area contributed by atoms with E-state index < -0.39 is 6.10 Å². The molecule has 4 aromatic carbocycles. The standard InChI is InChI=1S/C43H48O4S/c1-4-42(5-2,47-27-36-28-48-36)32-16-18-33(19-17-32)43(34-20-22-40(29(3)23-34)46-26-35(45)25-44)24-39(30-11-7-6-8-12-30)38-21-15-31-13-9-10-14-37(31)41(38)43/h6-22,29,35-36,39,44-45H,4-5,23-28H2,1-3H3. The molecule has 5 atom stereocenters. The highest BCUT2D eigenvalue weighted by Gasteiger charge is 2.49. The molecule has 5 unspecified atom stereocenters. The fraction of sp³-hybridized carbons (Fsp3) is 0.395. The van der Waals surface area contributed by atoms with Gasteiger partial charge in [0.15, 0.2) is 0 Å². The highest BCUT2D eigenvalue weighted by Crippen LogP contribution is 2.59. The summed E-state index contributed by atoms with van der Waals surface area (Å²) >= 11 is 1.99. The van der Waals surface area contributed by atoms with E-state index in [2.05, 4.69) is 124 Å². The Labute approximate surface area is 289 Å². The maximum absolute atomic E-state index is 9.99. The van der Waals surface area contributed by atoms with Crippen LogP contribution in [0.3, 0.4) is 0 Å². The van der Waals surface area contributed by atoms with Gasteiger partial charge in [0.1, 0.15) is 12.7 Å². The summed E-state index contributed by atoms with van der Waals surface area (Å²) in [7, 11) is 0. The van der Waals surface area contributed by atoms with Crippen molar-refractivity contribution in [3.05, 3.63) is 142 Å². The average molecular weight is 661 g/mol. The SMILES string of the molecule is CCC(CC)(OCC1CS1)c1ccc(C2(C3=CC=C(OCC(O)CO)C(C)C3)CC(c3ccccc3)c3ccc4ccccc4c32)cc1. The molecular formula is C43H48O4S. The van der Waals surface area contributed by atoms with Gasteiger partial charge >= 0.3 is 0 Å². The van der Waals surface area contributed by atoms with Crippen LogP contribution < -0.4 is 0 Å². The van der Waals surface area contributed by atoms with Crippen molar-refractivity contribution in [2.75, 3.05) is 25.6 Å². The molecule has 4 nitrogen and oxygen atoms in total. The quantitative estimate of drug-likeness (QED) is 0.140. The minimum Gasteiger partial charge on any atom is -0.495 e. The van der Waals surface area contributed by atoms with E-state index >= 15 is 0 Å². The number of aliphatic hydroxyl groups excluding tert-OH is 2. The minimum atomic E-state index is -0.890. The molecular weight excluding hydrogens is 613 g/mol. The number of fused-ring (bicyclic) bond motifs is 3. The zero-order valence-electron chi connectivity index (χ0n) is 28.4. The van der Waals surface area contributed by atoms with E-state index in [0.29, 0.717) is 5.25 Å². The number of ether oxygens (including phenoxy) is 2. The van der Waals surface area contributed by atoms with E-state index in [1.165, 1.54) is 49.9 Å². The lowest BCUT2D eigenvalue weighted by Gasteiger charge is -2.39. The Balaban J connectivity index is 1.40. The van der Waals surface area contributed by atoms with E-state index in [4.69, 9.17) is 9.47 Å². The molecule has 3 aliphatic rings. The van der Waals surface area contributed by atoms with Crippen LogP contribution in [0.1, 0.15) is 80.2 Å². The summed E-state index contributed by atoms with van der Waals surface area (Å²) in [5.41, 5.74) is 7.47. The van der Waals surface area contributed by atoms with Crippen molar-refractivity contribution < 1.29 is 19.7 Å². The first-order valence-electron chi connectivity index (χ1n) is 17.7. The second-order valence-electron chi connectivity index (χ2n) is 13.9. The predicted octanol–water partition coefficient (Wildman–Crippen LogP) is 9.03. The first-order chi connectivity index (χ1) is 23.4. The predicted molar refractivity (Wildman–Crippen MR) is 198 cm³/mol. The number of rotatable bonds is 13. The van der Waals surface area contributed by atoms with Crippen molar-refractivity contribution in [3.63, 3.8) is 0 Å². The third-order valence-corrected chi connectivity index (χ3v) is 12.1. The van der Waals surface area contributed by atoms with Crippen molar-refractivity contribution in [1.82, 2.24) is 0 Å². The van der Waals surface area contributed by atoms with Crippen molar-refractivity contribution in [2.24, 2.45) is 5.92 Å². The van der Waals surface area contributed by atoms with Crippen molar-refractivity contribution in [3.8, 4) is 0 Å². The molecule has 0 radical (unpaired) electrons.